The molecule has 5 rings (SSSR count). The first kappa shape index (κ1) is 25.1. The molecule has 1 amide bonds. The van der Waals surface area contributed by atoms with Gasteiger partial charge in [0.25, 0.3) is 0 Å². The fourth-order valence-electron chi connectivity index (χ4n) is 6.56. The predicted octanol–water partition coefficient (Wildman–Crippen LogP) is 6.83. The Morgan fingerprint density at radius 3 is 2.47 bits per heavy atom. The average molecular weight is 486 g/mol. The largest absolute Gasteiger partial charge is 0.353 e. The van der Waals surface area contributed by atoms with Crippen LogP contribution < -0.4 is 11.1 Å². The molecule has 3 aromatic rings. The number of aryl methyl sites for hydroxylation is 1. The number of rotatable bonds is 7. The van der Waals surface area contributed by atoms with E-state index in [9.17, 15) is 4.79 Å². The number of hydrogen-bond donors (Lipinski definition) is 2. The summed E-state index contributed by atoms with van der Waals surface area (Å²) in [5.41, 5.74) is 11.1. The third kappa shape index (κ3) is 6.03. The van der Waals surface area contributed by atoms with Gasteiger partial charge in [0.15, 0.2) is 0 Å². The van der Waals surface area contributed by atoms with Crippen LogP contribution in [0.3, 0.4) is 0 Å². The van der Waals surface area contributed by atoms with Crippen molar-refractivity contribution in [3.8, 4) is 0 Å². The van der Waals surface area contributed by atoms with E-state index in [1.165, 1.54) is 66.1 Å². The summed E-state index contributed by atoms with van der Waals surface area (Å²) in [5.74, 6) is 0.938. The first-order chi connectivity index (χ1) is 17.6. The molecule has 0 spiro atoms. The lowest BCUT2D eigenvalue weighted by atomic mass is 9.86. The lowest BCUT2D eigenvalue weighted by Crippen LogP contribution is -2.40. The Hall–Kier alpha value is -2.59. The van der Waals surface area contributed by atoms with E-state index in [0.29, 0.717) is 6.42 Å². The smallest absolute Gasteiger partial charge is 0.221 e. The number of amides is 1. The number of aromatic nitrogens is 1. The summed E-state index contributed by atoms with van der Waals surface area (Å²) >= 11 is 0. The van der Waals surface area contributed by atoms with E-state index in [1.807, 2.05) is 0 Å². The fourth-order valence-corrected chi connectivity index (χ4v) is 6.56. The maximum Gasteiger partial charge on any atom is 0.221 e. The Kier molecular flexibility index (Phi) is 8.11. The lowest BCUT2D eigenvalue weighted by Gasteiger charge is -2.27. The van der Waals surface area contributed by atoms with Crippen LogP contribution in [0.5, 0.6) is 0 Å². The topological polar surface area (TPSA) is 60.1 Å². The van der Waals surface area contributed by atoms with Crippen molar-refractivity contribution in [2.75, 3.05) is 0 Å². The van der Waals surface area contributed by atoms with Crippen molar-refractivity contribution in [1.82, 2.24) is 9.88 Å². The molecule has 1 heterocycles. The third-order valence-corrected chi connectivity index (χ3v) is 8.60. The number of fused-ring (bicyclic) bond motifs is 1. The molecule has 2 aliphatic rings. The van der Waals surface area contributed by atoms with E-state index in [-0.39, 0.29) is 23.9 Å². The molecule has 1 unspecified atom stereocenters. The molecule has 2 saturated carbocycles. The maximum absolute atomic E-state index is 13.4. The van der Waals surface area contributed by atoms with Crippen molar-refractivity contribution in [2.24, 2.45) is 11.7 Å². The van der Waals surface area contributed by atoms with Gasteiger partial charge in [0.05, 0.1) is 0 Å². The summed E-state index contributed by atoms with van der Waals surface area (Å²) in [6.07, 6.45) is 15.0. The quantitative estimate of drug-likeness (QED) is 0.360. The van der Waals surface area contributed by atoms with Gasteiger partial charge in [0.1, 0.15) is 0 Å². The van der Waals surface area contributed by atoms with E-state index >= 15 is 0 Å². The molecule has 2 aliphatic carbocycles. The number of carbonyl (C=O) groups excluding carboxylic acids is 1. The zero-order chi connectivity index (χ0) is 24.9. The summed E-state index contributed by atoms with van der Waals surface area (Å²) in [6, 6.07) is 18.1. The molecule has 0 bridgehead atoms. The van der Waals surface area contributed by atoms with E-state index in [4.69, 9.17) is 5.73 Å². The van der Waals surface area contributed by atoms with Crippen LogP contribution in [-0.2, 0) is 11.3 Å². The lowest BCUT2D eigenvalue weighted by molar-refractivity contribution is -0.122. The number of hydrogen-bond acceptors (Lipinski definition) is 2. The first-order valence-corrected chi connectivity index (χ1v) is 14.3. The van der Waals surface area contributed by atoms with E-state index in [0.717, 1.165) is 38.1 Å². The van der Waals surface area contributed by atoms with Crippen LogP contribution in [0, 0.1) is 12.8 Å². The van der Waals surface area contributed by atoms with Crippen LogP contribution in [0.25, 0.3) is 10.9 Å². The van der Waals surface area contributed by atoms with Crippen LogP contribution in [0.15, 0.2) is 54.7 Å². The van der Waals surface area contributed by atoms with Crippen LogP contribution in [0.1, 0.15) is 93.2 Å². The predicted molar refractivity (Wildman–Crippen MR) is 149 cm³/mol. The van der Waals surface area contributed by atoms with Gasteiger partial charge in [-0.15, -0.1) is 0 Å². The van der Waals surface area contributed by atoms with Gasteiger partial charge in [-0.1, -0.05) is 73.7 Å². The molecule has 36 heavy (non-hydrogen) atoms. The molecular formula is C32H43N3O. The highest BCUT2D eigenvalue weighted by molar-refractivity contribution is 5.86. The standard InChI is InChI=1S/C32H43N3O/c1-23-9-8-12-25(19-23)29(20-32(36)34-27-17-15-26(33)16-18-27)30-22-35(31-14-7-6-13-28(30)31)21-24-10-4-2-3-5-11-24/h6-9,12-14,19,22,24,26-27,29H,2-5,10-11,15-18,20-21,33H2,1H3,(H,34,36). The van der Waals surface area contributed by atoms with Crippen molar-refractivity contribution in [3.63, 3.8) is 0 Å². The van der Waals surface area contributed by atoms with Crippen molar-refractivity contribution in [1.29, 1.82) is 0 Å². The zero-order valence-electron chi connectivity index (χ0n) is 21.9. The molecule has 1 aromatic heterocycles. The molecule has 4 heteroatoms. The molecule has 2 fully saturated rings. The van der Waals surface area contributed by atoms with Crippen molar-refractivity contribution < 1.29 is 4.79 Å². The molecule has 4 nitrogen and oxygen atoms in total. The highest BCUT2D eigenvalue weighted by Crippen LogP contribution is 2.36. The van der Waals surface area contributed by atoms with Gasteiger partial charge in [0, 0.05) is 48.1 Å². The summed E-state index contributed by atoms with van der Waals surface area (Å²) in [4.78, 5) is 13.4. The Morgan fingerprint density at radius 2 is 1.72 bits per heavy atom. The van der Waals surface area contributed by atoms with E-state index in [2.05, 4.69) is 71.5 Å². The third-order valence-electron chi connectivity index (χ3n) is 8.60. The fraction of sp³-hybridized carbons (Fsp3) is 0.531. The van der Waals surface area contributed by atoms with Crippen LogP contribution >= 0.6 is 0 Å². The second-order valence-electron chi connectivity index (χ2n) is 11.5. The molecule has 1 atom stereocenters. The molecule has 3 N–H and O–H groups in total. The number of benzene rings is 2. The van der Waals surface area contributed by atoms with Gasteiger partial charge in [-0.25, -0.2) is 0 Å². The number of nitrogens with zero attached hydrogens (tertiary/aromatic N) is 1. The van der Waals surface area contributed by atoms with Gasteiger partial charge in [0.2, 0.25) is 5.91 Å². The second-order valence-corrected chi connectivity index (χ2v) is 11.5. The molecule has 192 valence electrons. The Labute approximate surface area is 216 Å². The average Bonchev–Trinajstić information content (AvgIpc) is 3.04. The Bertz CT molecular complexity index is 1150. The van der Waals surface area contributed by atoms with Gasteiger partial charge in [-0.2, -0.15) is 0 Å². The number of nitrogens with two attached hydrogens (primary N) is 1. The van der Waals surface area contributed by atoms with E-state index in [1.54, 1.807) is 0 Å². The normalized spacial score (nSPS) is 22.3. The SMILES string of the molecule is Cc1cccc(C(CC(=O)NC2CCC(N)CC2)c2cn(CC3CCCCCC3)c3ccccc23)c1. The first-order valence-electron chi connectivity index (χ1n) is 14.3. The summed E-state index contributed by atoms with van der Waals surface area (Å²) < 4.78 is 2.49. The molecular weight excluding hydrogens is 442 g/mol. The molecule has 0 radical (unpaired) electrons. The molecule has 2 aromatic carbocycles. The van der Waals surface area contributed by atoms with Crippen LogP contribution in [0.4, 0.5) is 0 Å². The number of para-hydroxylation sites is 1. The second kappa shape index (κ2) is 11.6. The summed E-state index contributed by atoms with van der Waals surface area (Å²) in [7, 11) is 0. The highest BCUT2D eigenvalue weighted by Gasteiger charge is 2.26. The number of nitrogens with one attached hydrogen (secondary N) is 1. The monoisotopic (exact) mass is 485 g/mol. The van der Waals surface area contributed by atoms with Crippen molar-refractivity contribution >= 4 is 16.8 Å². The van der Waals surface area contributed by atoms with Gasteiger partial charge in [-0.05, 0) is 68.6 Å². The zero-order valence-corrected chi connectivity index (χ0v) is 21.9. The van der Waals surface area contributed by atoms with Gasteiger partial charge < -0.3 is 15.6 Å². The van der Waals surface area contributed by atoms with Gasteiger partial charge >= 0.3 is 0 Å². The van der Waals surface area contributed by atoms with Crippen LogP contribution in [-0.4, -0.2) is 22.6 Å². The molecule has 0 saturated heterocycles. The Morgan fingerprint density at radius 1 is 0.972 bits per heavy atom. The number of carbonyl (C=O) groups is 1. The minimum Gasteiger partial charge on any atom is -0.353 e. The molecule has 0 aliphatic heterocycles. The van der Waals surface area contributed by atoms with Crippen LogP contribution in [0.2, 0.25) is 0 Å². The minimum atomic E-state index is 0.0380. The van der Waals surface area contributed by atoms with E-state index < -0.39 is 0 Å². The van der Waals surface area contributed by atoms with Crippen molar-refractivity contribution in [3.05, 3.63) is 71.4 Å². The minimum absolute atomic E-state index is 0.0380. The van der Waals surface area contributed by atoms with Crippen molar-refractivity contribution in [2.45, 2.75) is 102 Å². The summed E-state index contributed by atoms with van der Waals surface area (Å²) in [5, 5.41) is 4.64. The maximum atomic E-state index is 13.4. The Balaban J connectivity index is 1.45. The summed E-state index contributed by atoms with van der Waals surface area (Å²) in [6.45, 7) is 3.22. The van der Waals surface area contributed by atoms with Gasteiger partial charge in [-0.3, -0.25) is 4.79 Å². The highest BCUT2D eigenvalue weighted by atomic mass is 16.1.